The molecule has 7 heterocycles. The van der Waals surface area contributed by atoms with Crippen LogP contribution in [-0.2, 0) is 32.3 Å². The van der Waals surface area contributed by atoms with Crippen molar-refractivity contribution in [2.24, 2.45) is 0 Å². The van der Waals surface area contributed by atoms with Gasteiger partial charge in [-0.15, -0.1) is 8.97 Å². The fraction of sp³-hybridized carbons (Fsp3) is 0.286. The van der Waals surface area contributed by atoms with E-state index in [0.717, 1.165) is 36.8 Å². The molecule has 6 aliphatic heterocycles. The van der Waals surface area contributed by atoms with Crippen LogP contribution in [0.2, 0.25) is 0 Å². The van der Waals surface area contributed by atoms with Crippen LogP contribution in [0.4, 0.5) is 21.6 Å². The smallest absolute Gasteiger partial charge is 0.445 e. The molecule has 13 nitrogen and oxygen atoms in total. The normalized spacial score (nSPS) is 22.5. The molecule has 4 amide bonds. The van der Waals surface area contributed by atoms with E-state index in [1.807, 2.05) is 109 Å². The lowest BCUT2D eigenvalue weighted by Gasteiger charge is -2.37. The molecule has 6 aliphatic rings. The number of hydrogen-bond donors (Lipinski definition) is 0. The summed E-state index contributed by atoms with van der Waals surface area (Å²) in [5.41, 5.74) is 4.07. The van der Waals surface area contributed by atoms with E-state index >= 15 is 9.59 Å². The Hall–Kier alpha value is -6.18. The van der Waals surface area contributed by atoms with Gasteiger partial charge in [-0.1, -0.05) is 60.7 Å². The number of fused-ring (bicyclic) bond motifs is 4. The molecule has 3 aromatic rings. The number of allylic oxidation sites excluding steroid dienone is 8. The van der Waals surface area contributed by atoms with Gasteiger partial charge in [0.2, 0.25) is 0 Å². The van der Waals surface area contributed by atoms with E-state index in [-0.39, 0.29) is 37.1 Å². The minimum absolute atomic E-state index is 0.0382. The number of amides is 4. The summed E-state index contributed by atoms with van der Waals surface area (Å²) >= 11 is 0. The first-order chi connectivity index (χ1) is 26.9. The standard InChI is InChI=1S/C42H40N6O7/c49-37(35-15-7-9-25-45(35)41(51)53-27-29-11-3-1-4-12-29)47(31-17-18-32(47)20-19-31)39-43-44-40(55-39)48(33-21-22-34(48)24-23-33)38(50)36-16-8-10-26-46(36)42(52)54-28-30-13-5-2-6-14-30/h1-6,11-14,17-24,35-36H,7-10,15-16,25-28H2/q+2/t35-,36-/m0/s1. The van der Waals surface area contributed by atoms with Gasteiger partial charge in [-0.2, -0.15) is 0 Å². The molecule has 2 saturated heterocycles. The van der Waals surface area contributed by atoms with Crippen molar-refractivity contribution in [2.75, 3.05) is 13.1 Å². The SMILES string of the molecule is O=C(OCc1ccccc1)N1CCCC[C@H]1C(=O)[N+]1(c2nnc([N+]3(C(=O)[C@@H]4CCCCN4C(=O)OCc4ccccc4)C4=CC=C3C=C4)o2)C2=CC=C1C=C2. The highest BCUT2D eigenvalue weighted by Gasteiger charge is 2.63. The van der Waals surface area contributed by atoms with Crippen LogP contribution < -0.4 is 8.97 Å². The molecule has 55 heavy (non-hydrogen) atoms. The van der Waals surface area contributed by atoms with Gasteiger partial charge in [0, 0.05) is 61.7 Å². The lowest BCUT2D eigenvalue weighted by molar-refractivity contribution is -0.133. The molecule has 13 heteroatoms. The highest BCUT2D eigenvalue weighted by molar-refractivity contribution is 6.02. The molecule has 0 aliphatic carbocycles. The van der Waals surface area contributed by atoms with Crippen LogP contribution >= 0.6 is 0 Å². The fourth-order valence-corrected chi connectivity index (χ4v) is 8.58. The van der Waals surface area contributed by atoms with Crippen molar-refractivity contribution in [1.82, 2.24) is 29.0 Å². The van der Waals surface area contributed by atoms with Gasteiger partial charge in [-0.05, 0) is 59.8 Å². The first-order valence-corrected chi connectivity index (χ1v) is 18.8. The minimum atomic E-state index is -0.838. The van der Waals surface area contributed by atoms with Crippen LogP contribution in [-0.4, -0.2) is 69.2 Å². The summed E-state index contributed by atoms with van der Waals surface area (Å²) < 4.78 is 17.0. The van der Waals surface area contributed by atoms with E-state index in [4.69, 9.17) is 13.9 Å². The van der Waals surface area contributed by atoms with Gasteiger partial charge >= 0.3 is 36.0 Å². The number of rotatable bonds is 8. The van der Waals surface area contributed by atoms with E-state index in [0.29, 0.717) is 48.7 Å². The largest absolute Gasteiger partial charge is 0.447 e. The van der Waals surface area contributed by atoms with Crippen molar-refractivity contribution >= 4 is 36.0 Å². The van der Waals surface area contributed by atoms with Gasteiger partial charge in [0.1, 0.15) is 13.2 Å². The van der Waals surface area contributed by atoms with Crippen molar-refractivity contribution < 1.29 is 33.1 Å². The predicted octanol–water partition coefficient (Wildman–Crippen LogP) is 6.82. The lowest BCUT2D eigenvalue weighted by Crippen LogP contribution is -2.60. The highest BCUT2D eigenvalue weighted by Crippen LogP contribution is 2.50. The Balaban J connectivity index is 1.03. The summed E-state index contributed by atoms with van der Waals surface area (Å²) in [7, 11) is 0. The molecule has 0 radical (unpaired) electrons. The molecule has 9 rings (SSSR count). The number of nitrogens with zero attached hydrogens (tertiary/aromatic N) is 6. The zero-order valence-electron chi connectivity index (χ0n) is 30.2. The van der Waals surface area contributed by atoms with E-state index in [1.54, 1.807) is 0 Å². The zero-order chi connectivity index (χ0) is 37.6. The summed E-state index contributed by atoms with van der Waals surface area (Å²) in [4.78, 5) is 60.4. The van der Waals surface area contributed by atoms with Crippen LogP contribution in [0, 0.1) is 0 Å². The molecular formula is C42H40N6O7+2. The summed E-state index contributed by atoms with van der Waals surface area (Å²) in [6.45, 7) is 0.884. The average Bonchev–Trinajstić information content (AvgIpc) is 4.09. The Bertz CT molecular complexity index is 2050. The van der Waals surface area contributed by atoms with Crippen LogP contribution in [0.5, 0.6) is 0 Å². The predicted molar refractivity (Wildman–Crippen MR) is 200 cm³/mol. The summed E-state index contributed by atoms with van der Waals surface area (Å²) in [5.74, 6) is -0.657. The minimum Gasteiger partial charge on any atom is -0.445 e. The topological polar surface area (TPSA) is 132 Å². The second-order valence-electron chi connectivity index (χ2n) is 14.4. The molecule has 0 spiro atoms. The molecule has 2 fully saturated rings. The number of carbonyl (C=O) groups is 4. The Kier molecular flexibility index (Phi) is 8.74. The summed E-state index contributed by atoms with van der Waals surface area (Å²) in [6.07, 6.45) is 17.4. The molecule has 278 valence electrons. The Morgan fingerprint density at radius 1 is 0.582 bits per heavy atom. The third-order valence-corrected chi connectivity index (χ3v) is 11.3. The number of carbonyl (C=O) groups excluding carboxylic acids is 4. The second-order valence-corrected chi connectivity index (χ2v) is 14.4. The third-order valence-electron chi connectivity index (χ3n) is 11.3. The Labute approximate surface area is 317 Å². The summed E-state index contributed by atoms with van der Waals surface area (Å²) in [5, 5.41) is 9.05. The van der Waals surface area contributed by atoms with Crippen molar-refractivity contribution in [3.8, 4) is 0 Å². The maximum Gasteiger partial charge on any atom is 0.447 e. The molecule has 0 unspecified atom stereocenters. The van der Waals surface area contributed by atoms with E-state index < -0.39 is 33.2 Å². The van der Waals surface area contributed by atoms with Gasteiger partial charge in [-0.25, -0.2) is 19.2 Å². The van der Waals surface area contributed by atoms with E-state index in [2.05, 4.69) is 10.2 Å². The van der Waals surface area contributed by atoms with Crippen LogP contribution in [0.3, 0.4) is 0 Å². The number of hydrogen-bond acceptors (Lipinski definition) is 9. The number of likely N-dealkylation sites (tertiary alicyclic amines) is 2. The number of piperidine rings is 2. The summed E-state index contributed by atoms with van der Waals surface area (Å²) in [6, 6.07) is 17.1. The molecule has 0 saturated carbocycles. The molecule has 1 aromatic heterocycles. The van der Waals surface area contributed by atoms with Gasteiger partial charge in [0.25, 0.3) is 0 Å². The van der Waals surface area contributed by atoms with Crippen molar-refractivity contribution in [3.05, 3.63) is 143 Å². The van der Waals surface area contributed by atoms with Gasteiger partial charge in [0.05, 0.1) is 0 Å². The monoisotopic (exact) mass is 740 g/mol. The number of quaternary nitrogens is 2. The number of benzene rings is 2. The average molecular weight is 741 g/mol. The van der Waals surface area contributed by atoms with Crippen molar-refractivity contribution in [2.45, 2.75) is 63.8 Å². The number of ether oxygens (including phenoxy) is 2. The molecule has 4 bridgehead atoms. The van der Waals surface area contributed by atoms with Gasteiger partial charge in [0.15, 0.2) is 34.9 Å². The van der Waals surface area contributed by atoms with Crippen molar-refractivity contribution in [3.63, 3.8) is 0 Å². The second kappa shape index (κ2) is 13.9. The molecule has 2 atom stereocenters. The fourth-order valence-electron chi connectivity index (χ4n) is 8.58. The van der Waals surface area contributed by atoms with Gasteiger partial charge < -0.3 is 13.9 Å². The highest BCUT2D eigenvalue weighted by atomic mass is 16.6. The maximum absolute atomic E-state index is 15.1. The van der Waals surface area contributed by atoms with Gasteiger partial charge in [-0.3, -0.25) is 9.80 Å². The number of aromatic nitrogens is 2. The van der Waals surface area contributed by atoms with Crippen LogP contribution in [0.25, 0.3) is 0 Å². The molecular weight excluding hydrogens is 700 g/mol. The molecule has 0 N–H and O–H groups in total. The van der Waals surface area contributed by atoms with E-state index in [9.17, 15) is 9.59 Å². The zero-order valence-corrected chi connectivity index (χ0v) is 30.2. The quantitative estimate of drug-likeness (QED) is 0.228. The van der Waals surface area contributed by atoms with Crippen LogP contribution in [0.1, 0.15) is 49.7 Å². The Morgan fingerprint density at radius 2 is 0.964 bits per heavy atom. The first-order valence-electron chi connectivity index (χ1n) is 18.8. The van der Waals surface area contributed by atoms with Crippen molar-refractivity contribution in [1.29, 1.82) is 0 Å². The maximum atomic E-state index is 15.1. The van der Waals surface area contributed by atoms with E-state index in [1.165, 1.54) is 9.80 Å². The Morgan fingerprint density at radius 3 is 1.33 bits per heavy atom. The lowest BCUT2D eigenvalue weighted by atomic mass is 10.00. The third kappa shape index (κ3) is 5.52. The molecule has 2 aromatic carbocycles. The first kappa shape index (κ1) is 34.6. The van der Waals surface area contributed by atoms with Crippen LogP contribution in [0.15, 0.2) is 136 Å².